The van der Waals surface area contributed by atoms with Crippen LogP contribution in [-0.4, -0.2) is 30.6 Å². The van der Waals surface area contributed by atoms with E-state index < -0.39 is 0 Å². The zero-order chi connectivity index (χ0) is 19.0. The van der Waals surface area contributed by atoms with Crippen LogP contribution in [0.5, 0.6) is 11.5 Å². The molecule has 1 N–H and O–H groups in total. The molecule has 1 amide bonds. The number of halogens is 1. The standard InChI is InChI=1S/C21H19ClN2O3/c1-3-10-27-19-16(22)11-13(12-18(19)26-2)20-23-17-7-5-4-6-15(17)21(25)24(20)14-8-9-14/h1,4-7,11-12,14,20,23H,8-10H2,2H3/t20-/m1/s1. The summed E-state index contributed by atoms with van der Waals surface area (Å²) in [7, 11) is 1.55. The van der Waals surface area contributed by atoms with Crippen LogP contribution in [0.15, 0.2) is 36.4 Å². The molecule has 2 aliphatic rings. The highest BCUT2D eigenvalue weighted by Crippen LogP contribution is 2.44. The van der Waals surface area contributed by atoms with E-state index in [0.717, 1.165) is 24.1 Å². The van der Waals surface area contributed by atoms with Crippen LogP contribution in [0.3, 0.4) is 0 Å². The Kier molecular flexibility index (Phi) is 4.59. The number of amides is 1. The number of hydrogen-bond acceptors (Lipinski definition) is 4. The molecule has 27 heavy (non-hydrogen) atoms. The Hall–Kier alpha value is -2.84. The number of carbonyl (C=O) groups is 1. The number of nitrogens with zero attached hydrogens (tertiary/aromatic N) is 1. The Morgan fingerprint density at radius 3 is 2.81 bits per heavy atom. The number of carbonyl (C=O) groups excluding carboxylic acids is 1. The van der Waals surface area contributed by atoms with Crippen molar-refractivity contribution < 1.29 is 14.3 Å². The molecule has 0 radical (unpaired) electrons. The maximum atomic E-state index is 13.1. The first kappa shape index (κ1) is 17.6. The first-order chi connectivity index (χ1) is 13.1. The van der Waals surface area contributed by atoms with Crippen LogP contribution in [0.2, 0.25) is 5.02 Å². The minimum atomic E-state index is -0.326. The molecule has 0 spiro atoms. The molecule has 1 heterocycles. The van der Waals surface area contributed by atoms with Gasteiger partial charge >= 0.3 is 0 Å². The van der Waals surface area contributed by atoms with E-state index in [0.29, 0.717) is 22.1 Å². The Morgan fingerprint density at radius 2 is 2.11 bits per heavy atom. The second-order valence-corrected chi connectivity index (χ2v) is 6.97. The molecule has 1 aliphatic heterocycles. The van der Waals surface area contributed by atoms with Gasteiger partial charge in [0.1, 0.15) is 12.8 Å². The lowest BCUT2D eigenvalue weighted by atomic mass is 10.0. The van der Waals surface area contributed by atoms with E-state index in [2.05, 4.69) is 11.2 Å². The quantitative estimate of drug-likeness (QED) is 0.791. The summed E-state index contributed by atoms with van der Waals surface area (Å²) in [4.78, 5) is 15.0. The summed E-state index contributed by atoms with van der Waals surface area (Å²) in [6, 6.07) is 11.4. The Labute approximate surface area is 163 Å². The predicted molar refractivity (Wildman–Crippen MR) is 104 cm³/mol. The number of anilines is 1. The highest BCUT2D eigenvalue weighted by molar-refractivity contribution is 6.32. The number of methoxy groups -OCH3 is 1. The fourth-order valence-corrected chi connectivity index (χ4v) is 3.67. The number of ether oxygens (including phenoxy) is 2. The number of benzene rings is 2. The van der Waals surface area contributed by atoms with Gasteiger partial charge in [0, 0.05) is 17.3 Å². The largest absolute Gasteiger partial charge is 0.493 e. The van der Waals surface area contributed by atoms with Crippen molar-refractivity contribution in [3.63, 3.8) is 0 Å². The third-order valence-electron chi connectivity index (χ3n) is 4.77. The van der Waals surface area contributed by atoms with E-state index in [1.165, 1.54) is 0 Å². The van der Waals surface area contributed by atoms with Crippen LogP contribution in [-0.2, 0) is 0 Å². The smallest absolute Gasteiger partial charge is 0.258 e. The minimum Gasteiger partial charge on any atom is -0.493 e. The molecule has 1 aliphatic carbocycles. The minimum absolute atomic E-state index is 0.0274. The molecule has 0 unspecified atom stereocenters. The summed E-state index contributed by atoms with van der Waals surface area (Å²) < 4.78 is 11.0. The van der Waals surface area contributed by atoms with Crippen molar-refractivity contribution in [1.29, 1.82) is 0 Å². The van der Waals surface area contributed by atoms with Crippen LogP contribution in [0.4, 0.5) is 5.69 Å². The lowest BCUT2D eigenvalue weighted by Gasteiger charge is -2.38. The van der Waals surface area contributed by atoms with Crippen molar-refractivity contribution in [3.8, 4) is 23.8 Å². The summed E-state index contributed by atoms with van der Waals surface area (Å²) in [5.41, 5.74) is 2.33. The monoisotopic (exact) mass is 382 g/mol. The van der Waals surface area contributed by atoms with Crippen LogP contribution in [0.1, 0.15) is 34.9 Å². The summed E-state index contributed by atoms with van der Waals surface area (Å²) in [6.45, 7) is 0.0944. The van der Waals surface area contributed by atoms with Gasteiger partial charge in [-0.05, 0) is 37.1 Å². The second kappa shape index (κ2) is 7.05. The molecule has 138 valence electrons. The number of rotatable bonds is 5. The summed E-state index contributed by atoms with van der Waals surface area (Å²) in [5.74, 6) is 3.33. The van der Waals surface area contributed by atoms with Gasteiger partial charge in [-0.25, -0.2) is 0 Å². The number of terminal acetylenes is 1. The Morgan fingerprint density at radius 1 is 1.33 bits per heavy atom. The van der Waals surface area contributed by atoms with Gasteiger partial charge in [0.2, 0.25) is 0 Å². The van der Waals surface area contributed by atoms with Crippen molar-refractivity contribution in [2.45, 2.75) is 25.0 Å². The molecule has 0 bridgehead atoms. The zero-order valence-electron chi connectivity index (χ0n) is 14.9. The maximum Gasteiger partial charge on any atom is 0.258 e. The molecule has 0 aromatic heterocycles. The van der Waals surface area contributed by atoms with Crippen molar-refractivity contribution in [2.75, 3.05) is 19.0 Å². The van der Waals surface area contributed by atoms with Gasteiger partial charge in [-0.3, -0.25) is 4.79 Å². The lowest BCUT2D eigenvalue weighted by molar-refractivity contribution is 0.0666. The third kappa shape index (κ3) is 3.17. The molecule has 1 saturated carbocycles. The first-order valence-electron chi connectivity index (χ1n) is 8.76. The Balaban J connectivity index is 1.76. The molecule has 4 rings (SSSR count). The molecule has 5 nitrogen and oxygen atoms in total. The van der Waals surface area contributed by atoms with Gasteiger partial charge in [0.05, 0.1) is 17.7 Å². The molecular formula is C21H19ClN2O3. The van der Waals surface area contributed by atoms with Crippen LogP contribution in [0.25, 0.3) is 0 Å². The van der Waals surface area contributed by atoms with E-state index >= 15 is 0 Å². The van der Waals surface area contributed by atoms with Gasteiger partial charge in [0.25, 0.3) is 5.91 Å². The van der Waals surface area contributed by atoms with E-state index in [1.54, 1.807) is 13.2 Å². The summed E-state index contributed by atoms with van der Waals surface area (Å²) in [6.07, 6.45) is 6.95. The average molecular weight is 383 g/mol. The molecule has 1 fully saturated rings. The Bertz CT molecular complexity index is 934. The first-order valence-corrected chi connectivity index (χ1v) is 9.13. The van der Waals surface area contributed by atoms with Gasteiger partial charge in [-0.2, -0.15) is 0 Å². The topological polar surface area (TPSA) is 50.8 Å². The van der Waals surface area contributed by atoms with Crippen LogP contribution >= 0.6 is 11.6 Å². The second-order valence-electron chi connectivity index (χ2n) is 6.56. The van der Waals surface area contributed by atoms with Crippen molar-refractivity contribution in [2.24, 2.45) is 0 Å². The van der Waals surface area contributed by atoms with Crippen molar-refractivity contribution in [1.82, 2.24) is 4.90 Å². The third-order valence-corrected chi connectivity index (χ3v) is 5.05. The fraction of sp³-hybridized carbons (Fsp3) is 0.286. The molecule has 1 atom stereocenters. The van der Waals surface area contributed by atoms with E-state index in [9.17, 15) is 4.79 Å². The van der Waals surface area contributed by atoms with Gasteiger partial charge in [0.15, 0.2) is 11.5 Å². The van der Waals surface area contributed by atoms with E-state index in [1.807, 2.05) is 35.2 Å². The van der Waals surface area contributed by atoms with Crippen LogP contribution < -0.4 is 14.8 Å². The SMILES string of the molecule is C#CCOc1c(Cl)cc([C@@H]2Nc3ccccc3C(=O)N2C2CC2)cc1OC. The summed E-state index contributed by atoms with van der Waals surface area (Å²) in [5, 5.41) is 3.87. The molecule has 2 aromatic carbocycles. The van der Waals surface area contributed by atoms with Crippen molar-refractivity contribution in [3.05, 3.63) is 52.5 Å². The fourth-order valence-electron chi connectivity index (χ4n) is 3.39. The number of hydrogen-bond donors (Lipinski definition) is 1. The van der Waals surface area contributed by atoms with E-state index in [-0.39, 0.29) is 24.7 Å². The lowest BCUT2D eigenvalue weighted by Crippen LogP contribution is -2.44. The number of nitrogens with one attached hydrogen (secondary N) is 1. The number of para-hydroxylation sites is 1. The molecule has 0 saturated heterocycles. The normalized spacial score (nSPS) is 18.3. The maximum absolute atomic E-state index is 13.1. The average Bonchev–Trinajstić information content (AvgIpc) is 3.51. The van der Waals surface area contributed by atoms with Gasteiger partial charge in [-0.15, -0.1) is 6.42 Å². The molecule has 2 aromatic rings. The summed E-state index contributed by atoms with van der Waals surface area (Å²) >= 11 is 6.44. The van der Waals surface area contributed by atoms with Crippen LogP contribution in [0, 0.1) is 12.3 Å². The van der Waals surface area contributed by atoms with Gasteiger partial charge < -0.3 is 19.7 Å². The molecular weight excluding hydrogens is 364 g/mol. The zero-order valence-corrected chi connectivity index (χ0v) is 15.6. The van der Waals surface area contributed by atoms with Gasteiger partial charge in [-0.1, -0.05) is 29.7 Å². The predicted octanol–water partition coefficient (Wildman–Crippen LogP) is 4.09. The highest BCUT2D eigenvalue weighted by Gasteiger charge is 2.42. The van der Waals surface area contributed by atoms with Crippen molar-refractivity contribution >= 4 is 23.2 Å². The number of fused-ring (bicyclic) bond motifs is 1. The molecule has 6 heteroatoms. The highest BCUT2D eigenvalue weighted by atomic mass is 35.5. The van der Waals surface area contributed by atoms with E-state index in [4.69, 9.17) is 27.5 Å².